The molecule has 6 heteroatoms. The van der Waals surface area contributed by atoms with Crippen LogP contribution in [0.4, 0.5) is 11.5 Å². The first-order valence-corrected chi connectivity index (χ1v) is 9.21. The normalized spacial score (nSPS) is 15.5. The SMILES string of the molecule is CC1Cc2ccccc2N1c1cc(C(=O)NCc2ccc(Cl)cc2)ncn1. The lowest BCUT2D eigenvalue weighted by molar-refractivity contribution is 0.0945. The molecule has 1 amide bonds. The predicted molar refractivity (Wildman–Crippen MR) is 106 cm³/mol. The van der Waals surface area contributed by atoms with Crippen molar-refractivity contribution in [2.24, 2.45) is 0 Å². The summed E-state index contributed by atoms with van der Waals surface area (Å²) in [6.07, 6.45) is 2.40. The minimum Gasteiger partial charge on any atom is -0.347 e. The lowest BCUT2D eigenvalue weighted by Crippen LogP contribution is -2.27. The number of rotatable bonds is 4. The second kappa shape index (κ2) is 7.37. The highest BCUT2D eigenvalue weighted by molar-refractivity contribution is 6.30. The average molecular weight is 379 g/mol. The number of hydrogen-bond acceptors (Lipinski definition) is 4. The third-order valence-corrected chi connectivity index (χ3v) is 4.96. The Kier molecular flexibility index (Phi) is 4.77. The maximum atomic E-state index is 12.5. The van der Waals surface area contributed by atoms with Crippen molar-refractivity contribution in [1.82, 2.24) is 15.3 Å². The van der Waals surface area contributed by atoms with Crippen molar-refractivity contribution < 1.29 is 4.79 Å². The largest absolute Gasteiger partial charge is 0.347 e. The zero-order valence-electron chi connectivity index (χ0n) is 14.9. The van der Waals surface area contributed by atoms with Crippen molar-refractivity contribution >= 4 is 29.0 Å². The molecule has 0 fully saturated rings. The first-order valence-electron chi connectivity index (χ1n) is 8.83. The van der Waals surface area contributed by atoms with E-state index >= 15 is 0 Å². The quantitative estimate of drug-likeness (QED) is 0.741. The molecule has 4 rings (SSSR count). The van der Waals surface area contributed by atoms with Crippen LogP contribution in [0.25, 0.3) is 0 Å². The van der Waals surface area contributed by atoms with E-state index in [1.807, 2.05) is 24.3 Å². The van der Waals surface area contributed by atoms with Gasteiger partial charge in [-0.15, -0.1) is 0 Å². The highest BCUT2D eigenvalue weighted by Crippen LogP contribution is 2.36. The van der Waals surface area contributed by atoms with Crippen LogP contribution in [0.5, 0.6) is 0 Å². The van der Waals surface area contributed by atoms with Crippen molar-refractivity contribution in [3.63, 3.8) is 0 Å². The maximum absolute atomic E-state index is 12.5. The summed E-state index contributed by atoms with van der Waals surface area (Å²) in [5.74, 6) is 0.507. The molecule has 0 saturated carbocycles. The summed E-state index contributed by atoms with van der Waals surface area (Å²) in [6.45, 7) is 2.57. The van der Waals surface area contributed by atoms with Crippen LogP contribution in [0, 0.1) is 0 Å². The summed E-state index contributed by atoms with van der Waals surface area (Å²) in [7, 11) is 0. The molecule has 2 heterocycles. The lowest BCUT2D eigenvalue weighted by Gasteiger charge is -2.23. The lowest BCUT2D eigenvalue weighted by atomic mass is 10.1. The number of fused-ring (bicyclic) bond motifs is 1. The second-order valence-electron chi connectivity index (χ2n) is 6.62. The Morgan fingerprint density at radius 1 is 1.19 bits per heavy atom. The Morgan fingerprint density at radius 3 is 2.78 bits per heavy atom. The van der Waals surface area contributed by atoms with Crippen LogP contribution in [0.1, 0.15) is 28.5 Å². The Balaban J connectivity index is 1.52. The van der Waals surface area contributed by atoms with Crippen LogP contribution < -0.4 is 10.2 Å². The Morgan fingerprint density at radius 2 is 1.96 bits per heavy atom. The Bertz CT molecular complexity index is 974. The van der Waals surface area contributed by atoms with Crippen LogP contribution in [-0.4, -0.2) is 21.9 Å². The van der Waals surface area contributed by atoms with E-state index in [1.165, 1.54) is 11.9 Å². The molecule has 1 aliphatic rings. The number of anilines is 2. The Labute approximate surface area is 163 Å². The zero-order chi connectivity index (χ0) is 18.8. The van der Waals surface area contributed by atoms with Gasteiger partial charge in [0, 0.05) is 29.4 Å². The summed E-state index contributed by atoms with van der Waals surface area (Å²) in [6, 6.07) is 17.7. The Hall–Kier alpha value is -2.92. The third-order valence-electron chi connectivity index (χ3n) is 4.71. The van der Waals surface area contributed by atoms with Gasteiger partial charge in [0.2, 0.25) is 0 Å². The van der Waals surface area contributed by atoms with Gasteiger partial charge in [0.05, 0.1) is 0 Å². The number of para-hydroxylation sites is 1. The molecule has 2 aromatic carbocycles. The van der Waals surface area contributed by atoms with Crippen molar-refractivity contribution in [3.8, 4) is 0 Å². The van der Waals surface area contributed by atoms with Crippen LogP contribution in [0.15, 0.2) is 60.9 Å². The minimum atomic E-state index is -0.228. The van der Waals surface area contributed by atoms with E-state index in [0.717, 1.165) is 23.5 Å². The molecule has 5 nitrogen and oxygen atoms in total. The van der Waals surface area contributed by atoms with Gasteiger partial charge in [-0.1, -0.05) is 41.9 Å². The number of carbonyl (C=O) groups is 1. The smallest absolute Gasteiger partial charge is 0.270 e. The molecule has 136 valence electrons. The first kappa shape index (κ1) is 17.5. The summed E-state index contributed by atoms with van der Waals surface area (Å²) in [4.78, 5) is 23.2. The van der Waals surface area contributed by atoms with Gasteiger partial charge in [0.1, 0.15) is 17.8 Å². The number of aromatic nitrogens is 2. The van der Waals surface area contributed by atoms with Gasteiger partial charge in [0.25, 0.3) is 5.91 Å². The molecule has 0 bridgehead atoms. The molecular weight excluding hydrogens is 360 g/mol. The molecule has 0 aliphatic carbocycles. The average Bonchev–Trinajstić information content (AvgIpc) is 3.03. The molecule has 3 aromatic rings. The molecule has 0 radical (unpaired) electrons. The van der Waals surface area contributed by atoms with E-state index in [0.29, 0.717) is 17.3 Å². The van der Waals surface area contributed by atoms with Crippen molar-refractivity contribution in [2.45, 2.75) is 25.9 Å². The predicted octanol–water partition coefficient (Wildman–Crippen LogP) is 4.14. The van der Waals surface area contributed by atoms with Crippen LogP contribution in [0.3, 0.4) is 0 Å². The fourth-order valence-corrected chi connectivity index (χ4v) is 3.52. The second-order valence-corrected chi connectivity index (χ2v) is 7.06. The van der Waals surface area contributed by atoms with Crippen LogP contribution in [-0.2, 0) is 13.0 Å². The number of carbonyl (C=O) groups excluding carboxylic acids is 1. The van der Waals surface area contributed by atoms with Gasteiger partial charge < -0.3 is 10.2 Å². The molecule has 0 saturated heterocycles. The summed E-state index contributed by atoms with van der Waals surface area (Å²) in [5.41, 5.74) is 3.75. The summed E-state index contributed by atoms with van der Waals surface area (Å²) >= 11 is 5.89. The van der Waals surface area contributed by atoms with E-state index in [-0.39, 0.29) is 11.9 Å². The molecule has 1 unspecified atom stereocenters. The number of benzene rings is 2. The standard InChI is InChI=1S/C21H19ClN4O/c1-14-10-16-4-2-3-5-19(16)26(14)20-11-18(24-13-25-20)21(27)23-12-15-6-8-17(22)9-7-15/h2-9,11,13-14H,10,12H2,1H3,(H,23,27). The molecule has 1 atom stereocenters. The fourth-order valence-electron chi connectivity index (χ4n) is 3.39. The number of nitrogens with one attached hydrogen (secondary N) is 1. The van der Waals surface area contributed by atoms with Crippen molar-refractivity contribution in [1.29, 1.82) is 0 Å². The highest BCUT2D eigenvalue weighted by Gasteiger charge is 2.28. The molecule has 1 N–H and O–H groups in total. The van der Waals surface area contributed by atoms with E-state index in [9.17, 15) is 4.79 Å². The van der Waals surface area contributed by atoms with E-state index in [2.05, 4.69) is 39.2 Å². The van der Waals surface area contributed by atoms with Gasteiger partial charge in [-0.3, -0.25) is 4.79 Å². The van der Waals surface area contributed by atoms with Crippen LogP contribution >= 0.6 is 11.6 Å². The summed E-state index contributed by atoms with van der Waals surface area (Å²) in [5, 5.41) is 3.56. The van der Waals surface area contributed by atoms with Crippen molar-refractivity contribution in [3.05, 3.63) is 82.8 Å². The van der Waals surface area contributed by atoms with Crippen LogP contribution in [0.2, 0.25) is 5.02 Å². The topological polar surface area (TPSA) is 58.1 Å². The van der Waals surface area contributed by atoms with E-state index in [1.54, 1.807) is 18.2 Å². The highest BCUT2D eigenvalue weighted by atomic mass is 35.5. The number of nitrogens with zero attached hydrogens (tertiary/aromatic N) is 3. The fraction of sp³-hybridized carbons (Fsp3) is 0.190. The molecule has 1 aliphatic heterocycles. The molecule has 27 heavy (non-hydrogen) atoms. The van der Waals surface area contributed by atoms with Crippen molar-refractivity contribution in [2.75, 3.05) is 4.90 Å². The maximum Gasteiger partial charge on any atom is 0.270 e. The van der Waals surface area contributed by atoms with Gasteiger partial charge in [-0.25, -0.2) is 9.97 Å². The molecular formula is C21H19ClN4O. The van der Waals surface area contributed by atoms with Gasteiger partial charge in [-0.2, -0.15) is 0 Å². The summed E-state index contributed by atoms with van der Waals surface area (Å²) < 4.78 is 0. The van der Waals surface area contributed by atoms with Gasteiger partial charge in [-0.05, 0) is 42.7 Å². The van der Waals surface area contributed by atoms with Gasteiger partial charge >= 0.3 is 0 Å². The van der Waals surface area contributed by atoms with E-state index < -0.39 is 0 Å². The first-order chi connectivity index (χ1) is 13.1. The minimum absolute atomic E-state index is 0.228. The zero-order valence-corrected chi connectivity index (χ0v) is 15.6. The number of amides is 1. The molecule has 0 spiro atoms. The third kappa shape index (κ3) is 3.64. The van der Waals surface area contributed by atoms with E-state index in [4.69, 9.17) is 11.6 Å². The number of hydrogen-bond donors (Lipinski definition) is 1. The monoisotopic (exact) mass is 378 g/mol. The molecule has 1 aromatic heterocycles. The number of halogens is 1. The van der Waals surface area contributed by atoms with Gasteiger partial charge in [0.15, 0.2) is 0 Å².